The molecule has 0 spiro atoms. The SMILES string of the molecule is COc1ccc(I(I)c2c(F)cc(Cc3ccc(C(=O)ON4C(=O)CCC4=O)cc3)cc2F)cc1. The number of carbonyl (C=O) groups is 3. The molecule has 3 aromatic rings. The fourth-order valence-corrected chi connectivity index (χ4v) is 10.7. The average Bonchev–Trinajstić information content (AvgIpc) is 3.16. The first-order chi connectivity index (χ1) is 16.8. The quantitative estimate of drug-likeness (QED) is 0.180. The fraction of sp³-hybridized carbons (Fsp3) is 0.160. The number of benzene rings is 3. The zero-order valence-electron chi connectivity index (χ0n) is 18.4. The van der Waals surface area contributed by atoms with Crippen molar-refractivity contribution in [1.29, 1.82) is 0 Å². The van der Waals surface area contributed by atoms with Gasteiger partial charge in [0.2, 0.25) is 0 Å². The molecular formula is C25H19F2I2NO5. The van der Waals surface area contributed by atoms with Crippen LogP contribution in [0.3, 0.4) is 0 Å². The number of methoxy groups -OCH3 is 1. The van der Waals surface area contributed by atoms with Crippen molar-refractivity contribution in [1.82, 2.24) is 5.06 Å². The summed E-state index contributed by atoms with van der Waals surface area (Å²) in [4.78, 5) is 40.3. The van der Waals surface area contributed by atoms with Gasteiger partial charge >= 0.3 is 184 Å². The molecule has 10 heteroatoms. The molecule has 6 nitrogen and oxygen atoms in total. The van der Waals surface area contributed by atoms with Crippen LogP contribution in [0.4, 0.5) is 8.78 Å². The number of nitrogens with zero attached hydrogens (tertiary/aromatic N) is 1. The van der Waals surface area contributed by atoms with Crippen LogP contribution < -0.4 is 4.74 Å². The molecule has 0 saturated carbocycles. The zero-order valence-corrected chi connectivity index (χ0v) is 22.7. The van der Waals surface area contributed by atoms with Gasteiger partial charge in [-0.25, -0.2) is 0 Å². The van der Waals surface area contributed by atoms with Crippen molar-refractivity contribution in [3.63, 3.8) is 0 Å². The minimum absolute atomic E-state index is 0.0121. The van der Waals surface area contributed by atoms with Gasteiger partial charge in [-0.1, -0.05) is 0 Å². The van der Waals surface area contributed by atoms with Crippen LogP contribution in [0, 0.1) is 18.8 Å². The number of rotatable bonds is 7. The number of hydrogen-bond donors (Lipinski definition) is 0. The van der Waals surface area contributed by atoms with E-state index in [0.717, 1.165) is 9.13 Å². The van der Waals surface area contributed by atoms with E-state index in [4.69, 9.17) is 9.57 Å². The van der Waals surface area contributed by atoms with Crippen molar-refractivity contribution >= 4 is 52.2 Å². The molecule has 0 radical (unpaired) electrons. The number of imide groups is 1. The molecule has 0 aliphatic carbocycles. The van der Waals surface area contributed by atoms with Gasteiger partial charge in [-0.05, 0) is 0 Å². The molecule has 0 aromatic heterocycles. The number of hydrogen-bond acceptors (Lipinski definition) is 5. The predicted octanol–water partition coefficient (Wildman–Crippen LogP) is 5.68. The third-order valence-electron chi connectivity index (χ3n) is 5.23. The summed E-state index contributed by atoms with van der Waals surface area (Å²) in [5.41, 5.74) is 1.33. The van der Waals surface area contributed by atoms with E-state index in [1.54, 1.807) is 31.4 Å². The van der Waals surface area contributed by atoms with Gasteiger partial charge in [0, 0.05) is 12.8 Å². The number of ether oxygens (including phenoxy) is 1. The predicted molar refractivity (Wildman–Crippen MR) is 141 cm³/mol. The van der Waals surface area contributed by atoms with E-state index < -0.39 is 45.3 Å². The molecule has 0 bridgehead atoms. The van der Waals surface area contributed by atoms with Crippen LogP contribution in [0.5, 0.6) is 5.75 Å². The summed E-state index contributed by atoms with van der Waals surface area (Å²) in [7, 11) is 1.56. The second-order valence-corrected chi connectivity index (χ2v) is 16.8. The van der Waals surface area contributed by atoms with Gasteiger partial charge in [0.1, 0.15) is 0 Å². The molecule has 182 valence electrons. The molecule has 1 aliphatic heterocycles. The second kappa shape index (κ2) is 11.0. The molecule has 1 heterocycles. The van der Waals surface area contributed by atoms with Gasteiger partial charge in [-0.2, -0.15) is 0 Å². The molecule has 2 amide bonds. The summed E-state index contributed by atoms with van der Waals surface area (Å²) >= 11 is -0.159. The first-order valence-corrected chi connectivity index (χ1v) is 18.9. The number of amides is 2. The van der Waals surface area contributed by atoms with E-state index in [1.165, 1.54) is 24.3 Å². The molecular weight excluding hydrogens is 686 g/mol. The number of carbonyl (C=O) groups excluding carboxylic acids is 3. The molecule has 1 aliphatic rings. The monoisotopic (exact) mass is 705 g/mol. The summed E-state index contributed by atoms with van der Waals surface area (Å²) in [5, 5.41) is 0.486. The Bertz CT molecular complexity index is 1240. The summed E-state index contributed by atoms with van der Waals surface area (Å²) < 4.78 is 36.1. The number of hydroxylamine groups is 2. The first kappa shape index (κ1) is 25.5. The Balaban J connectivity index is 1.46. The van der Waals surface area contributed by atoms with Crippen LogP contribution >= 0.6 is 34.5 Å². The van der Waals surface area contributed by atoms with E-state index in [2.05, 4.69) is 18.6 Å². The van der Waals surface area contributed by atoms with Crippen molar-refractivity contribution < 1.29 is 32.7 Å². The van der Waals surface area contributed by atoms with E-state index in [1.807, 2.05) is 12.1 Å². The summed E-state index contributed by atoms with van der Waals surface area (Å²) in [6, 6.07) is 16.1. The average molecular weight is 705 g/mol. The van der Waals surface area contributed by atoms with E-state index in [-0.39, 0.29) is 28.4 Å². The van der Waals surface area contributed by atoms with Gasteiger partial charge < -0.3 is 0 Å². The van der Waals surface area contributed by atoms with Gasteiger partial charge in [-0.15, -0.1) is 0 Å². The van der Waals surface area contributed by atoms with Gasteiger partial charge in [0.05, 0.1) is 0 Å². The maximum absolute atomic E-state index is 15.0. The summed E-state index contributed by atoms with van der Waals surface area (Å²) in [6.45, 7) is 0. The molecule has 0 unspecified atom stereocenters. The molecule has 4 rings (SSSR count). The van der Waals surface area contributed by atoms with Gasteiger partial charge in [0.25, 0.3) is 11.8 Å². The minimum atomic E-state index is -2.32. The van der Waals surface area contributed by atoms with Gasteiger partial charge in [-0.3, -0.25) is 9.59 Å². The molecule has 3 aromatic carbocycles. The molecule has 1 saturated heterocycles. The topological polar surface area (TPSA) is 72.9 Å². The van der Waals surface area contributed by atoms with Crippen molar-refractivity contribution in [3.05, 3.63) is 96.1 Å². The van der Waals surface area contributed by atoms with Crippen LogP contribution in [-0.4, -0.2) is 30.0 Å². The van der Waals surface area contributed by atoms with Crippen molar-refractivity contribution in [2.75, 3.05) is 7.11 Å². The van der Waals surface area contributed by atoms with E-state index >= 15 is 0 Å². The summed E-state index contributed by atoms with van der Waals surface area (Å²) in [5.74, 6) is -2.42. The Morgan fingerprint density at radius 1 is 0.943 bits per heavy atom. The number of halogens is 4. The summed E-state index contributed by atoms with van der Waals surface area (Å²) in [6.07, 6.45) is 0.279. The maximum atomic E-state index is 15.0. The standard InChI is InChI=1S/C25H19F2I2NO5/c1-34-19-8-6-18(7-9-19)29(28)24-20(26)13-16(14-21(24)27)12-15-2-4-17(5-3-15)25(33)35-30-22(31)10-11-23(30)32/h2-9,13-14H,10-12H2,1H3. The zero-order chi connectivity index (χ0) is 25.1. The molecule has 35 heavy (non-hydrogen) atoms. The van der Waals surface area contributed by atoms with Crippen molar-refractivity contribution in [3.8, 4) is 5.75 Å². The Morgan fingerprint density at radius 2 is 1.51 bits per heavy atom. The second-order valence-electron chi connectivity index (χ2n) is 7.60. The van der Waals surface area contributed by atoms with Crippen molar-refractivity contribution in [2.24, 2.45) is 0 Å². The third kappa shape index (κ3) is 5.80. The Labute approximate surface area is 217 Å². The Morgan fingerprint density at radius 3 is 2.06 bits per heavy atom. The fourth-order valence-electron chi connectivity index (χ4n) is 3.45. The molecule has 1 fully saturated rings. The molecule has 0 atom stereocenters. The van der Waals surface area contributed by atoms with Crippen LogP contribution in [0.1, 0.15) is 34.3 Å². The van der Waals surface area contributed by atoms with Crippen LogP contribution in [-0.2, 0) is 20.8 Å². The molecule has 0 N–H and O–H groups in total. The van der Waals surface area contributed by atoms with Gasteiger partial charge in [0.15, 0.2) is 0 Å². The third-order valence-corrected chi connectivity index (χ3v) is 14.9. The Kier molecular flexibility index (Phi) is 7.99. The van der Waals surface area contributed by atoms with Crippen molar-refractivity contribution in [2.45, 2.75) is 19.3 Å². The van der Waals surface area contributed by atoms with Crippen LogP contribution in [0.15, 0.2) is 60.7 Å². The van der Waals surface area contributed by atoms with Crippen LogP contribution in [0.2, 0.25) is 0 Å². The normalized spacial score (nSPS) is 13.7. The van der Waals surface area contributed by atoms with Crippen LogP contribution in [0.25, 0.3) is 0 Å². The Hall–Kier alpha value is -2.61. The van der Waals surface area contributed by atoms with E-state index in [0.29, 0.717) is 16.4 Å². The first-order valence-electron chi connectivity index (χ1n) is 10.4. The van der Waals surface area contributed by atoms with E-state index in [9.17, 15) is 23.2 Å².